The second-order valence-corrected chi connectivity index (χ2v) is 8.43. The van der Waals surface area contributed by atoms with Crippen molar-refractivity contribution in [3.63, 3.8) is 0 Å². The third kappa shape index (κ3) is 8.02. The van der Waals surface area contributed by atoms with Crippen molar-refractivity contribution in [3.8, 4) is 0 Å². The van der Waals surface area contributed by atoms with Gasteiger partial charge in [0.15, 0.2) is 0 Å². The summed E-state index contributed by atoms with van der Waals surface area (Å²) >= 11 is 3.48. The highest BCUT2D eigenvalue weighted by Gasteiger charge is 2.11. The van der Waals surface area contributed by atoms with Crippen LogP contribution in [0.25, 0.3) is 0 Å². The Balaban J connectivity index is 2.55. The third-order valence-electron chi connectivity index (χ3n) is 3.12. The van der Waals surface area contributed by atoms with Crippen molar-refractivity contribution in [2.45, 2.75) is 38.6 Å². The van der Waals surface area contributed by atoms with Crippen LogP contribution in [0.4, 0.5) is 0 Å². The molecule has 0 aliphatic carbocycles. The number of nitrogens with one attached hydrogen (secondary N) is 1. The SMILES string of the molecule is CCCNC(CCCS(C)(=O)=O)Cc1cccc(Br)c1. The van der Waals surface area contributed by atoms with Crippen LogP contribution in [0.5, 0.6) is 0 Å². The fraction of sp³-hybridized carbons (Fsp3) is 0.600. The van der Waals surface area contributed by atoms with E-state index in [4.69, 9.17) is 0 Å². The maximum atomic E-state index is 11.2. The number of benzene rings is 1. The van der Waals surface area contributed by atoms with Gasteiger partial charge in [0.2, 0.25) is 0 Å². The lowest BCUT2D eigenvalue weighted by molar-refractivity contribution is 0.472. The monoisotopic (exact) mass is 361 g/mol. The van der Waals surface area contributed by atoms with Crippen LogP contribution in [0.3, 0.4) is 0 Å². The molecule has 1 N–H and O–H groups in total. The molecule has 1 rings (SSSR count). The molecule has 0 amide bonds. The predicted octanol–water partition coefficient (Wildman–Crippen LogP) is 3.18. The molecular weight excluding hydrogens is 338 g/mol. The first-order valence-electron chi connectivity index (χ1n) is 7.06. The minimum Gasteiger partial charge on any atom is -0.314 e. The lowest BCUT2D eigenvalue weighted by atomic mass is 10.0. The maximum absolute atomic E-state index is 11.2. The summed E-state index contributed by atoms with van der Waals surface area (Å²) in [4.78, 5) is 0. The van der Waals surface area contributed by atoms with Crippen LogP contribution >= 0.6 is 15.9 Å². The van der Waals surface area contributed by atoms with Crippen LogP contribution in [0.2, 0.25) is 0 Å². The number of halogens is 1. The fourth-order valence-electron chi connectivity index (χ4n) is 2.17. The highest BCUT2D eigenvalue weighted by atomic mass is 79.9. The van der Waals surface area contributed by atoms with Crippen molar-refractivity contribution in [2.24, 2.45) is 0 Å². The predicted molar refractivity (Wildman–Crippen MR) is 88.9 cm³/mol. The summed E-state index contributed by atoms with van der Waals surface area (Å²) < 4.78 is 23.5. The number of sulfone groups is 1. The highest BCUT2D eigenvalue weighted by Crippen LogP contribution is 2.15. The van der Waals surface area contributed by atoms with Crippen molar-refractivity contribution in [1.82, 2.24) is 5.32 Å². The summed E-state index contributed by atoms with van der Waals surface area (Å²) in [6, 6.07) is 8.62. The molecule has 0 aromatic heterocycles. The zero-order valence-electron chi connectivity index (χ0n) is 12.2. The Morgan fingerprint density at radius 2 is 2.10 bits per heavy atom. The van der Waals surface area contributed by atoms with Gasteiger partial charge in [0, 0.05) is 22.5 Å². The van der Waals surface area contributed by atoms with Gasteiger partial charge in [-0.2, -0.15) is 0 Å². The fourth-order valence-corrected chi connectivity index (χ4v) is 3.30. The average Bonchev–Trinajstić information content (AvgIpc) is 2.34. The Bertz CT molecular complexity index is 502. The molecule has 0 heterocycles. The molecule has 1 atom stereocenters. The van der Waals surface area contributed by atoms with Crippen LogP contribution in [0, 0.1) is 0 Å². The summed E-state index contributed by atoms with van der Waals surface area (Å²) in [6.45, 7) is 3.11. The zero-order chi connectivity index (χ0) is 15.0. The molecule has 0 saturated heterocycles. The molecule has 1 unspecified atom stereocenters. The zero-order valence-corrected chi connectivity index (χ0v) is 14.6. The number of rotatable bonds is 9. The van der Waals surface area contributed by atoms with E-state index in [9.17, 15) is 8.42 Å². The first-order chi connectivity index (χ1) is 9.40. The van der Waals surface area contributed by atoms with Crippen LogP contribution in [0.1, 0.15) is 31.7 Å². The molecule has 0 aliphatic heterocycles. The number of hydrogen-bond donors (Lipinski definition) is 1. The van der Waals surface area contributed by atoms with E-state index in [1.807, 2.05) is 12.1 Å². The first kappa shape index (κ1) is 17.7. The summed E-state index contributed by atoms with van der Waals surface area (Å²) in [7, 11) is -2.86. The number of hydrogen-bond acceptors (Lipinski definition) is 3. The van der Waals surface area contributed by atoms with Crippen molar-refractivity contribution < 1.29 is 8.42 Å². The summed E-state index contributed by atoms with van der Waals surface area (Å²) in [5.41, 5.74) is 1.27. The first-order valence-corrected chi connectivity index (χ1v) is 9.91. The van der Waals surface area contributed by atoms with E-state index in [0.29, 0.717) is 12.5 Å². The van der Waals surface area contributed by atoms with Crippen LogP contribution < -0.4 is 5.32 Å². The van der Waals surface area contributed by atoms with Gasteiger partial charge in [0.25, 0.3) is 0 Å². The molecule has 20 heavy (non-hydrogen) atoms. The second-order valence-electron chi connectivity index (χ2n) is 5.26. The third-order valence-corrected chi connectivity index (χ3v) is 4.65. The Morgan fingerprint density at radius 3 is 2.70 bits per heavy atom. The van der Waals surface area contributed by atoms with Gasteiger partial charge in [-0.25, -0.2) is 8.42 Å². The van der Waals surface area contributed by atoms with Gasteiger partial charge in [0.05, 0.1) is 0 Å². The minimum atomic E-state index is -2.86. The van der Waals surface area contributed by atoms with Gasteiger partial charge in [-0.3, -0.25) is 0 Å². The lowest BCUT2D eigenvalue weighted by Crippen LogP contribution is -2.32. The summed E-state index contributed by atoms with van der Waals surface area (Å²) in [5, 5.41) is 3.51. The van der Waals surface area contributed by atoms with Crippen molar-refractivity contribution in [3.05, 3.63) is 34.3 Å². The topological polar surface area (TPSA) is 46.2 Å². The average molecular weight is 362 g/mol. The van der Waals surface area contributed by atoms with Gasteiger partial charge in [-0.15, -0.1) is 0 Å². The quantitative estimate of drug-likeness (QED) is 0.734. The van der Waals surface area contributed by atoms with E-state index in [2.05, 4.69) is 40.3 Å². The van der Waals surface area contributed by atoms with E-state index in [-0.39, 0.29) is 5.75 Å². The van der Waals surface area contributed by atoms with Gasteiger partial charge in [0.1, 0.15) is 9.84 Å². The standard InChI is InChI=1S/C15H24BrNO2S/c1-3-9-17-15(8-5-10-20(2,18)19)12-13-6-4-7-14(16)11-13/h4,6-7,11,15,17H,3,5,8-10,12H2,1-2H3. The lowest BCUT2D eigenvalue weighted by Gasteiger charge is -2.18. The molecule has 1 aromatic carbocycles. The summed E-state index contributed by atoms with van der Waals surface area (Å²) in [5.74, 6) is 0.274. The van der Waals surface area contributed by atoms with Gasteiger partial charge >= 0.3 is 0 Å². The highest BCUT2D eigenvalue weighted by molar-refractivity contribution is 9.10. The maximum Gasteiger partial charge on any atom is 0.147 e. The van der Waals surface area contributed by atoms with E-state index in [0.717, 1.165) is 30.3 Å². The molecule has 0 radical (unpaired) electrons. The molecular formula is C15H24BrNO2S. The van der Waals surface area contributed by atoms with Gasteiger partial charge in [-0.05, 0) is 49.9 Å². The van der Waals surface area contributed by atoms with Crippen LogP contribution in [-0.4, -0.2) is 33.0 Å². The van der Waals surface area contributed by atoms with Crippen molar-refractivity contribution in [1.29, 1.82) is 0 Å². The molecule has 0 aliphatic rings. The molecule has 0 saturated carbocycles. The van der Waals surface area contributed by atoms with E-state index < -0.39 is 9.84 Å². The van der Waals surface area contributed by atoms with Crippen LogP contribution in [0.15, 0.2) is 28.7 Å². The normalized spacial score (nSPS) is 13.3. The Morgan fingerprint density at radius 1 is 1.35 bits per heavy atom. The van der Waals surface area contributed by atoms with E-state index >= 15 is 0 Å². The Hall–Kier alpha value is -0.390. The molecule has 3 nitrogen and oxygen atoms in total. The molecule has 114 valence electrons. The van der Waals surface area contributed by atoms with E-state index in [1.54, 1.807) is 0 Å². The molecule has 5 heteroatoms. The smallest absolute Gasteiger partial charge is 0.147 e. The van der Waals surface area contributed by atoms with Crippen LogP contribution in [-0.2, 0) is 16.3 Å². The molecule has 0 bridgehead atoms. The van der Waals surface area contributed by atoms with Gasteiger partial charge in [-0.1, -0.05) is 35.0 Å². The van der Waals surface area contributed by atoms with E-state index in [1.165, 1.54) is 11.8 Å². The minimum absolute atomic E-state index is 0.274. The Kier molecular flexibility index (Phi) is 7.77. The second kappa shape index (κ2) is 8.80. The largest absolute Gasteiger partial charge is 0.314 e. The van der Waals surface area contributed by atoms with Gasteiger partial charge < -0.3 is 5.32 Å². The molecule has 0 spiro atoms. The summed E-state index contributed by atoms with van der Waals surface area (Å²) in [6.07, 6.45) is 4.92. The Labute approximate surface area is 131 Å². The van der Waals surface area contributed by atoms with Crippen molar-refractivity contribution in [2.75, 3.05) is 18.6 Å². The molecule has 0 fully saturated rings. The molecule has 1 aromatic rings. The van der Waals surface area contributed by atoms with Crippen molar-refractivity contribution >= 4 is 25.8 Å².